The van der Waals surface area contributed by atoms with Crippen molar-refractivity contribution in [3.63, 3.8) is 0 Å². The van der Waals surface area contributed by atoms with Gasteiger partial charge in [0.2, 0.25) is 0 Å². The van der Waals surface area contributed by atoms with E-state index in [4.69, 9.17) is 11.5 Å². The maximum Gasteiger partial charge on any atom is 0.128 e. The topological polar surface area (TPSA) is 64.9 Å². The number of nitrogen functional groups attached to an aromatic ring is 2. The molecule has 4 heteroatoms. The van der Waals surface area contributed by atoms with E-state index in [0.29, 0.717) is 5.69 Å². The lowest BCUT2D eigenvalue weighted by molar-refractivity contribution is 1.45. The summed E-state index contributed by atoms with van der Waals surface area (Å²) in [4.78, 5) is 6.23. The Hall–Kier alpha value is -2.07. The molecule has 0 spiro atoms. The zero-order valence-electron chi connectivity index (χ0n) is 9.05. The van der Waals surface area contributed by atoms with Crippen LogP contribution in [-0.2, 0) is 0 Å². The first-order valence-electron chi connectivity index (χ1n) is 5.25. The molecule has 0 aliphatic rings. The fourth-order valence-corrected chi connectivity index (χ4v) is 2.98. The fourth-order valence-electron chi connectivity index (χ4n) is 1.87. The number of rotatable bonds is 1. The van der Waals surface area contributed by atoms with Crippen LogP contribution in [0.5, 0.6) is 0 Å². The maximum absolute atomic E-state index is 6.16. The minimum absolute atomic E-state index is 0.686. The zero-order valence-corrected chi connectivity index (χ0v) is 9.87. The van der Waals surface area contributed by atoms with E-state index >= 15 is 0 Å². The highest BCUT2D eigenvalue weighted by Crippen LogP contribution is 2.41. The SMILES string of the molecule is Nc1ccnc2sc(-c3ccccc3)c(N)c12. The van der Waals surface area contributed by atoms with E-state index in [1.54, 1.807) is 23.6 Å². The minimum Gasteiger partial charge on any atom is -0.398 e. The minimum atomic E-state index is 0.686. The van der Waals surface area contributed by atoms with Crippen LogP contribution in [0.4, 0.5) is 11.4 Å². The molecule has 2 heterocycles. The van der Waals surface area contributed by atoms with Crippen LogP contribution in [-0.4, -0.2) is 4.98 Å². The lowest BCUT2D eigenvalue weighted by atomic mass is 10.1. The van der Waals surface area contributed by atoms with E-state index in [2.05, 4.69) is 4.98 Å². The van der Waals surface area contributed by atoms with Crippen LogP contribution in [0.3, 0.4) is 0 Å². The van der Waals surface area contributed by atoms with Crippen molar-refractivity contribution < 1.29 is 0 Å². The number of nitrogens with zero attached hydrogens (tertiary/aromatic N) is 1. The van der Waals surface area contributed by atoms with Crippen molar-refractivity contribution in [2.24, 2.45) is 0 Å². The average molecular weight is 241 g/mol. The van der Waals surface area contributed by atoms with E-state index in [-0.39, 0.29) is 0 Å². The highest BCUT2D eigenvalue weighted by molar-refractivity contribution is 7.22. The molecule has 0 amide bonds. The van der Waals surface area contributed by atoms with Gasteiger partial charge in [0.15, 0.2) is 0 Å². The summed E-state index contributed by atoms with van der Waals surface area (Å²) in [6, 6.07) is 11.8. The number of nitrogens with two attached hydrogens (primary N) is 2. The van der Waals surface area contributed by atoms with Crippen molar-refractivity contribution in [3.05, 3.63) is 42.6 Å². The second-order valence-electron chi connectivity index (χ2n) is 3.79. The molecule has 17 heavy (non-hydrogen) atoms. The number of hydrogen-bond donors (Lipinski definition) is 2. The molecule has 0 atom stereocenters. The molecule has 3 rings (SSSR count). The first kappa shape index (κ1) is 10.1. The molecule has 0 fully saturated rings. The lowest BCUT2D eigenvalue weighted by Gasteiger charge is -1.99. The monoisotopic (exact) mass is 241 g/mol. The first-order chi connectivity index (χ1) is 8.27. The Morgan fingerprint density at radius 1 is 1.00 bits per heavy atom. The Kier molecular flexibility index (Phi) is 2.23. The first-order valence-corrected chi connectivity index (χ1v) is 6.07. The number of thiophene rings is 1. The number of benzene rings is 1. The van der Waals surface area contributed by atoms with Crippen LogP contribution in [0.2, 0.25) is 0 Å². The number of aromatic nitrogens is 1. The summed E-state index contributed by atoms with van der Waals surface area (Å²) >= 11 is 1.58. The summed E-state index contributed by atoms with van der Waals surface area (Å²) in [5.41, 5.74) is 14.6. The number of pyridine rings is 1. The standard InChI is InChI=1S/C13H11N3S/c14-9-6-7-16-13-10(9)11(15)12(17-13)8-4-2-1-3-5-8/h1-7H,15H2,(H2,14,16). The van der Waals surface area contributed by atoms with Crippen LogP contribution in [0.1, 0.15) is 0 Å². The van der Waals surface area contributed by atoms with Gasteiger partial charge in [-0.05, 0) is 11.6 Å². The molecule has 2 aromatic heterocycles. The van der Waals surface area contributed by atoms with E-state index < -0.39 is 0 Å². The molecule has 0 bridgehead atoms. The van der Waals surface area contributed by atoms with Crippen molar-refractivity contribution in [1.82, 2.24) is 4.98 Å². The second kappa shape index (κ2) is 3.75. The van der Waals surface area contributed by atoms with Gasteiger partial charge in [-0.2, -0.15) is 0 Å². The largest absolute Gasteiger partial charge is 0.398 e. The molecule has 0 saturated carbocycles. The average Bonchev–Trinajstić information content (AvgIpc) is 2.69. The van der Waals surface area contributed by atoms with Gasteiger partial charge in [0, 0.05) is 11.9 Å². The quantitative estimate of drug-likeness (QED) is 0.688. The van der Waals surface area contributed by atoms with Crippen molar-refractivity contribution in [1.29, 1.82) is 0 Å². The number of hydrogen-bond acceptors (Lipinski definition) is 4. The highest BCUT2D eigenvalue weighted by atomic mass is 32.1. The third-order valence-electron chi connectivity index (χ3n) is 2.70. The summed E-state index contributed by atoms with van der Waals surface area (Å²) in [5.74, 6) is 0. The van der Waals surface area contributed by atoms with Gasteiger partial charge in [-0.15, -0.1) is 11.3 Å². The maximum atomic E-state index is 6.16. The van der Waals surface area contributed by atoms with Crippen molar-refractivity contribution >= 4 is 32.9 Å². The summed E-state index contributed by atoms with van der Waals surface area (Å²) in [6.07, 6.45) is 1.71. The van der Waals surface area contributed by atoms with Gasteiger partial charge in [0.1, 0.15) is 4.83 Å². The van der Waals surface area contributed by atoms with Crippen LogP contribution in [0.25, 0.3) is 20.7 Å². The third kappa shape index (κ3) is 1.54. The number of fused-ring (bicyclic) bond motifs is 1. The molecule has 1 aromatic carbocycles. The van der Waals surface area contributed by atoms with Gasteiger partial charge in [0.25, 0.3) is 0 Å². The van der Waals surface area contributed by atoms with Gasteiger partial charge >= 0.3 is 0 Å². The molecule has 0 aliphatic heterocycles. The summed E-state index contributed by atoms with van der Waals surface area (Å²) in [6.45, 7) is 0. The number of anilines is 2. The Balaban J connectivity index is 2.33. The molecule has 0 saturated heterocycles. The molecule has 0 unspecified atom stereocenters. The summed E-state index contributed by atoms with van der Waals surface area (Å²) in [7, 11) is 0. The van der Waals surface area contributed by atoms with Crippen LogP contribution in [0, 0.1) is 0 Å². The molecular formula is C13H11N3S. The van der Waals surface area contributed by atoms with Crippen molar-refractivity contribution in [2.75, 3.05) is 11.5 Å². The van der Waals surface area contributed by atoms with Gasteiger partial charge in [-0.25, -0.2) is 4.98 Å². The molecule has 84 valence electrons. The molecule has 0 radical (unpaired) electrons. The van der Waals surface area contributed by atoms with Crippen LogP contribution < -0.4 is 11.5 Å². The predicted molar refractivity (Wildman–Crippen MR) is 73.9 cm³/mol. The smallest absolute Gasteiger partial charge is 0.128 e. The van der Waals surface area contributed by atoms with Gasteiger partial charge in [-0.3, -0.25) is 0 Å². The van der Waals surface area contributed by atoms with Crippen LogP contribution >= 0.6 is 11.3 Å². The Morgan fingerprint density at radius 3 is 2.47 bits per heavy atom. The predicted octanol–water partition coefficient (Wildman–Crippen LogP) is 3.13. The Morgan fingerprint density at radius 2 is 1.76 bits per heavy atom. The van der Waals surface area contributed by atoms with E-state index in [0.717, 1.165) is 26.3 Å². The van der Waals surface area contributed by atoms with Crippen molar-refractivity contribution in [2.45, 2.75) is 0 Å². The molecule has 4 N–H and O–H groups in total. The second-order valence-corrected chi connectivity index (χ2v) is 4.79. The van der Waals surface area contributed by atoms with Crippen LogP contribution in [0.15, 0.2) is 42.6 Å². The molecular weight excluding hydrogens is 230 g/mol. The zero-order chi connectivity index (χ0) is 11.8. The molecule has 0 aliphatic carbocycles. The summed E-state index contributed by atoms with van der Waals surface area (Å²) in [5, 5.41) is 0.872. The van der Waals surface area contributed by atoms with E-state index in [9.17, 15) is 0 Å². The van der Waals surface area contributed by atoms with E-state index in [1.165, 1.54) is 0 Å². The Bertz CT molecular complexity index is 674. The third-order valence-corrected chi connectivity index (χ3v) is 3.86. The fraction of sp³-hybridized carbons (Fsp3) is 0. The molecule has 3 nitrogen and oxygen atoms in total. The van der Waals surface area contributed by atoms with Gasteiger partial charge in [-0.1, -0.05) is 30.3 Å². The van der Waals surface area contributed by atoms with Crippen molar-refractivity contribution in [3.8, 4) is 10.4 Å². The highest BCUT2D eigenvalue weighted by Gasteiger charge is 2.13. The Labute approximate surface area is 103 Å². The molecule has 3 aromatic rings. The lowest BCUT2D eigenvalue weighted by Crippen LogP contribution is -1.90. The van der Waals surface area contributed by atoms with Gasteiger partial charge < -0.3 is 11.5 Å². The van der Waals surface area contributed by atoms with E-state index in [1.807, 2.05) is 30.3 Å². The normalized spacial score (nSPS) is 10.8. The van der Waals surface area contributed by atoms with Gasteiger partial charge in [0.05, 0.1) is 16.0 Å². The summed E-state index contributed by atoms with van der Waals surface area (Å²) < 4.78 is 0.